The molecule has 0 fully saturated rings. The predicted molar refractivity (Wildman–Crippen MR) is 290 cm³/mol. The number of alkyl halides is 9. The van der Waals surface area contributed by atoms with Crippen LogP contribution in [-0.4, -0.2) is 49.0 Å². The molecule has 0 amide bonds. The Labute approximate surface area is 463 Å². The molecular weight excluding hydrogens is 1120 g/mol. The Kier molecular flexibility index (Phi) is 20.4. The molecule has 20 heteroatoms. The van der Waals surface area contributed by atoms with Crippen molar-refractivity contribution in [3.63, 3.8) is 0 Å². The number of carbonyl (C=O) groups is 3. The number of unbranched alkanes of at least 4 members (excludes halogenated alkanes) is 3. The molecule has 6 rings (SSSR count). The van der Waals surface area contributed by atoms with Crippen LogP contribution >= 0.6 is 45.6 Å². The second-order valence-electron chi connectivity index (χ2n) is 18.4. The van der Waals surface area contributed by atoms with Gasteiger partial charge in [-0.1, -0.05) is 93.5 Å². The van der Waals surface area contributed by atoms with E-state index in [0.717, 1.165) is 55.2 Å². The molecule has 0 radical (unpaired) electrons. The Balaban J connectivity index is 1.56. The minimum atomic E-state index is -7.60. The van der Waals surface area contributed by atoms with Crippen LogP contribution in [0.25, 0.3) is 0 Å². The molecule has 0 bridgehead atoms. The van der Waals surface area contributed by atoms with Gasteiger partial charge in [0.1, 0.15) is 0 Å². The smallest absolute Gasteiger partial charge is 0.295 e. The minimum Gasteiger partial charge on any atom is -0.295 e. The molecule has 0 aliphatic heterocycles. The summed E-state index contributed by atoms with van der Waals surface area (Å²) in [6, 6.07) is 32.0. The van der Waals surface area contributed by atoms with Crippen LogP contribution in [0.2, 0.25) is 0 Å². The third-order valence-electron chi connectivity index (χ3n) is 12.6. The highest BCUT2D eigenvalue weighted by atomic mass is 32.3. The van der Waals surface area contributed by atoms with Gasteiger partial charge in [0.25, 0.3) is 0 Å². The molecule has 0 unspecified atom stereocenters. The predicted octanol–water partition coefficient (Wildman–Crippen LogP) is 18.7. The Bertz CT molecular complexity index is 2940. The molecule has 0 atom stereocenters. The van der Waals surface area contributed by atoms with Gasteiger partial charge in [-0.2, -0.15) is 47.9 Å². The number of hydrogen-bond acceptors (Lipinski definition) is 9. The van der Waals surface area contributed by atoms with Gasteiger partial charge < -0.3 is 0 Å². The first-order valence-electron chi connectivity index (χ1n) is 24.9. The van der Waals surface area contributed by atoms with E-state index in [1.807, 2.05) is 39.0 Å². The maximum absolute atomic E-state index is 16.1. The van der Waals surface area contributed by atoms with Crippen molar-refractivity contribution in [1.82, 2.24) is 0 Å². The molecule has 6 nitrogen and oxygen atoms in total. The monoisotopic (exact) mass is 1180 g/mol. The number of ketones is 3. The van der Waals surface area contributed by atoms with Crippen LogP contribution < -0.4 is 0 Å². The van der Waals surface area contributed by atoms with Crippen LogP contribution in [0.5, 0.6) is 0 Å². The fourth-order valence-electron chi connectivity index (χ4n) is 8.38. The van der Waals surface area contributed by atoms with Crippen molar-refractivity contribution in [3.05, 3.63) is 161 Å². The van der Waals surface area contributed by atoms with E-state index in [4.69, 9.17) is 3.63 Å². The minimum absolute atomic E-state index is 0.139. The number of aryl methyl sites for hydroxylation is 3. The van der Waals surface area contributed by atoms with Crippen molar-refractivity contribution >= 4 is 73.1 Å². The second kappa shape index (κ2) is 25.6. The summed E-state index contributed by atoms with van der Waals surface area (Å²) in [6.07, 6.45) is -0.619. The maximum atomic E-state index is 16.1. The van der Waals surface area contributed by atoms with Crippen molar-refractivity contribution in [3.8, 4) is 0 Å². The molecule has 0 aromatic heterocycles. The van der Waals surface area contributed by atoms with Crippen molar-refractivity contribution in [2.45, 2.75) is 167 Å². The van der Waals surface area contributed by atoms with Crippen LogP contribution in [0.1, 0.15) is 128 Å². The molecule has 78 heavy (non-hydrogen) atoms. The molecule has 418 valence electrons. The fourth-order valence-corrected chi connectivity index (χ4v) is 16.2. The first kappa shape index (κ1) is 62.2. The Morgan fingerprint density at radius 3 is 0.936 bits per heavy atom. The van der Waals surface area contributed by atoms with E-state index in [1.165, 1.54) is 129 Å². The van der Waals surface area contributed by atoms with E-state index in [0.29, 0.717) is 65.3 Å². The van der Waals surface area contributed by atoms with Crippen molar-refractivity contribution in [1.29, 1.82) is 0 Å². The molecule has 0 spiro atoms. The Hall–Kier alpha value is -4.99. The van der Waals surface area contributed by atoms with Gasteiger partial charge in [-0.3, -0.25) is 14.4 Å². The first-order chi connectivity index (χ1) is 36.6. The zero-order valence-corrected chi connectivity index (χ0v) is 47.5. The summed E-state index contributed by atoms with van der Waals surface area (Å²) in [5.41, 5.74) is 3.97. The second-order valence-corrected chi connectivity index (χ2v) is 26.3. The van der Waals surface area contributed by atoms with Crippen LogP contribution in [0, 0.1) is 0 Å². The van der Waals surface area contributed by atoms with Crippen LogP contribution in [0.3, 0.4) is 0 Å². The van der Waals surface area contributed by atoms with Crippen molar-refractivity contribution in [2.24, 2.45) is 0 Å². The molecule has 0 N–H and O–H groups in total. The quantitative estimate of drug-likeness (QED) is 0.0389. The average Bonchev–Trinajstić information content (AvgIpc) is 3.59. The fraction of sp³-hybridized carbons (Fsp3) is 0.328. The van der Waals surface area contributed by atoms with E-state index in [-0.39, 0.29) is 32.0 Å². The lowest BCUT2D eigenvalue weighted by Gasteiger charge is -2.41. The molecule has 0 saturated heterocycles. The molecule has 6 aromatic rings. The van der Waals surface area contributed by atoms with Crippen LogP contribution in [0.15, 0.2) is 171 Å². The van der Waals surface area contributed by atoms with E-state index >= 15 is 17.6 Å². The molecule has 0 aliphatic carbocycles. The number of halogens is 9. The molecule has 0 saturated carbocycles. The van der Waals surface area contributed by atoms with Gasteiger partial charge in [-0.25, -0.2) is 3.63 Å². The zero-order valence-electron chi connectivity index (χ0n) is 43.4. The highest BCUT2D eigenvalue weighted by Gasteiger charge is 2.86. The summed E-state index contributed by atoms with van der Waals surface area (Å²) in [4.78, 5) is 40.0. The van der Waals surface area contributed by atoms with Gasteiger partial charge in [0.2, 0.25) is 0 Å². The first-order valence-corrected chi connectivity index (χ1v) is 30.3. The molecular formula is C58H57F9O6S5. The van der Waals surface area contributed by atoms with E-state index in [2.05, 4.69) is 0 Å². The van der Waals surface area contributed by atoms with Crippen molar-refractivity contribution in [2.75, 3.05) is 0 Å². The number of benzene rings is 6. The van der Waals surface area contributed by atoms with Gasteiger partial charge in [-0.15, -0.1) is 0 Å². The molecule has 6 aromatic carbocycles. The summed E-state index contributed by atoms with van der Waals surface area (Å²) in [5, 5.41) is -7.21. The topological polar surface area (TPSA) is 94.6 Å². The molecule has 0 heterocycles. The number of rotatable bonds is 26. The van der Waals surface area contributed by atoms with Crippen molar-refractivity contribution < 1.29 is 65.9 Å². The summed E-state index contributed by atoms with van der Waals surface area (Å²) < 4.78 is 166. The third kappa shape index (κ3) is 13.6. The number of Topliss-reactive ketones (excluding diaryl/α,β-unsaturated/α-hetero) is 3. The van der Waals surface area contributed by atoms with Crippen LogP contribution in [0.4, 0.5) is 39.5 Å². The lowest BCUT2D eigenvalue weighted by atomic mass is 10.00. The van der Waals surface area contributed by atoms with Gasteiger partial charge >= 0.3 is 33.4 Å². The van der Waals surface area contributed by atoms with Gasteiger partial charge in [0, 0.05) is 60.7 Å². The maximum Gasteiger partial charge on any atom is 0.460 e. The largest absolute Gasteiger partial charge is 0.460 e. The Morgan fingerprint density at radius 1 is 0.423 bits per heavy atom. The highest BCUT2D eigenvalue weighted by molar-refractivity contribution is 8.33. The summed E-state index contributed by atoms with van der Waals surface area (Å²) in [5.74, 6) is -15.6. The van der Waals surface area contributed by atoms with E-state index in [9.17, 15) is 44.8 Å². The van der Waals surface area contributed by atoms with E-state index < -0.39 is 43.7 Å². The van der Waals surface area contributed by atoms with Gasteiger partial charge in [0.15, 0.2) is 17.3 Å². The third-order valence-corrected chi connectivity index (χ3v) is 20.8. The SMILES string of the molecule is CCCCc1cc(Sc2ccc(S(OS(=O)(=O)C(F)(F)C(F)(F)C(F)(F)C(F)(F)F)(c3ccc(Sc4ccc(C(C)=O)c(CCCC)c4)cc3)c3ccc(Sc4ccc(C(C)=O)c(CCCC)c4)cc3)cc2)ccc1C(C)=O. The normalized spacial score (nSPS) is 12.9. The Morgan fingerprint density at radius 2 is 0.692 bits per heavy atom. The lowest BCUT2D eigenvalue weighted by Crippen LogP contribution is -2.63. The summed E-state index contributed by atoms with van der Waals surface area (Å²) >= 11 is 3.60. The number of hydrogen-bond donors (Lipinski definition) is 0. The summed E-state index contributed by atoms with van der Waals surface area (Å²) in [7, 11) is -12.0. The van der Waals surface area contributed by atoms with E-state index in [1.54, 1.807) is 36.4 Å². The summed E-state index contributed by atoms with van der Waals surface area (Å²) in [6.45, 7) is 10.3. The highest BCUT2D eigenvalue weighted by Crippen LogP contribution is 2.72. The van der Waals surface area contributed by atoms with Gasteiger partial charge in [0.05, 0.1) is 0 Å². The lowest BCUT2D eigenvalue weighted by molar-refractivity contribution is -0.382. The zero-order chi connectivity index (χ0) is 57.4. The average molecular weight is 1180 g/mol. The van der Waals surface area contributed by atoms with Gasteiger partial charge in [-0.05, 0) is 195 Å². The number of carbonyl (C=O) groups excluding carboxylic acids is 3. The standard InChI is InChI=1S/C58H57F9O6S5/c1-7-10-13-40-34-46(22-31-52(40)37(4)68)74-43-16-25-49(26-17-43)77(73-78(71,72)58(66,67)56(61,62)55(59,60)57(63,64)65,50-27-18-44(19-28-50)75-47-23-32-53(38(5)69)41(35-47)14-11-8-2)51-29-20-45(21-30-51)76-48-24-33-54(39(6)70)42(36-48)15-12-9-3/h16-36H,7-15H2,1-6H3. The molecule has 0 aliphatic rings. The van der Waals surface area contributed by atoms with Crippen LogP contribution in [-0.2, 0) is 33.0 Å².